The SMILES string of the molecule is CC(C#N)C(=O)NC(C)C(=O)N(C)C. The molecule has 0 rings (SSSR count). The number of carbonyl (C=O) groups excluding carboxylic acids is 2. The summed E-state index contributed by atoms with van der Waals surface area (Å²) in [6, 6.07) is 1.21. The van der Waals surface area contributed by atoms with Gasteiger partial charge in [-0.15, -0.1) is 0 Å². The van der Waals surface area contributed by atoms with Crippen LogP contribution in [0.1, 0.15) is 13.8 Å². The van der Waals surface area contributed by atoms with Crippen LogP contribution < -0.4 is 5.32 Å². The molecule has 0 aliphatic carbocycles. The zero-order chi connectivity index (χ0) is 11.3. The van der Waals surface area contributed by atoms with E-state index in [1.165, 1.54) is 11.8 Å². The van der Waals surface area contributed by atoms with Gasteiger partial charge in [-0.05, 0) is 13.8 Å². The van der Waals surface area contributed by atoms with Crippen LogP contribution in [0.2, 0.25) is 0 Å². The molecule has 0 spiro atoms. The van der Waals surface area contributed by atoms with Crippen LogP contribution in [0.4, 0.5) is 0 Å². The molecule has 2 amide bonds. The van der Waals surface area contributed by atoms with Gasteiger partial charge in [-0.25, -0.2) is 0 Å². The first-order valence-corrected chi connectivity index (χ1v) is 4.31. The van der Waals surface area contributed by atoms with Crippen molar-refractivity contribution < 1.29 is 9.59 Å². The van der Waals surface area contributed by atoms with Gasteiger partial charge in [0.1, 0.15) is 12.0 Å². The van der Waals surface area contributed by atoms with Crippen LogP contribution in [0.5, 0.6) is 0 Å². The molecule has 0 saturated carbocycles. The van der Waals surface area contributed by atoms with Crippen molar-refractivity contribution in [3.05, 3.63) is 0 Å². The van der Waals surface area contributed by atoms with E-state index in [1.807, 2.05) is 0 Å². The zero-order valence-corrected chi connectivity index (χ0v) is 8.87. The molecule has 0 radical (unpaired) electrons. The van der Waals surface area contributed by atoms with E-state index in [4.69, 9.17) is 5.26 Å². The molecule has 0 bridgehead atoms. The minimum Gasteiger partial charge on any atom is -0.347 e. The Labute approximate surface area is 83.7 Å². The minimum absolute atomic E-state index is 0.191. The molecule has 5 nitrogen and oxygen atoms in total. The first-order valence-electron chi connectivity index (χ1n) is 4.31. The molecule has 2 unspecified atom stereocenters. The molecule has 0 aliphatic heterocycles. The summed E-state index contributed by atoms with van der Waals surface area (Å²) in [6.07, 6.45) is 0. The predicted molar refractivity (Wildman–Crippen MR) is 51.1 cm³/mol. The number of carbonyl (C=O) groups is 2. The van der Waals surface area contributed by atoms with Crippen LogP contribution in [0, 0.1) is 17.2 Å². The van der Waals surface area contributed by atoms with Gasteiger partial charge in [0.25, 0.3) is 0 Å². The summed E-state index contributed by atoms with van der Waals surface area (Å²) in [6.45, 7) is 3.08. The molecule has 78 valence electrons. The van der Waals surface area contributed by atoms with Gasteiger partial charge in [-0.3, -0.25) is 9.59 Å². The number of hydrogen-bond acceptors (Lipinski definition) is 3. The van der Waals surface area contributed by atoms with Gasteiger partial charge in [-0.1, -0.05) is 0 Å². The number of amides is 2. The number of nitrogens with one attached hydrogen (secondary N) is 1. The standard InChI is InChI=1S/C9H15N3O2/c1-6(5-10)8(13)11-7(2)9(14)12(3)4/h6-7H,1-4H3,(H,11,13). The summed E-state index contributed by atoms with van der Waals surface area (Å²) < 4.78 is 0. The normalized spacial score (nSPS) is 13.6. The molecule has 1 N–H and O–H groups in total. The van der Waals surface area contributed by atoms with Crippen molar-refractivity contribution in [2.75, 3.05) is 14.1 Å². The molecule has 2 atom stereocenters. The molecule has 0 aromatic heterocycles. The molecule has 0 heterocycles. The first kappa shape index (κ1) is 12.4. The van der Waals surface area contributed by atoms with Crippen LogP contribution >= 0.6 is 0 Å². The van der Waals surface area contributed by atoms with E-state index in [2.05, 4.69) is 5.32 Å². The Bertz CT molecular complexity index is 268. The molecule has 5 heteroatoms. The van der Waals surface area contributed by atoms with E-state index in [9.17, 15) is 9.59 Å². The lowest BCUT2D eigenvalue weighted by molar-refractivity contribution is -0.134. The molecule has 0 aromatic carbocycles. The van der Waals surface area contributed by atoms with Crippen molar-refractivity contribution in [1.29, 1.82) is 5.26 Å². The van der Waals surface area contributed by atoms with Crippen LogP contribution in [0.25, 0.3) is 0 Å². The molecular formula is C9H15N3O2. The highest BCUT2D eigenvalue weighted by Gasteiger charge is 2.20. The Morgan fingerprint density at radius 3 is 2.21 bits per heavy atom. The molecule has 0 saturated heterocycles. The van der Waals surface area contributed by atoms with Crippen molar-refractivity contribution in [3.63, 3.8) is 0 Å². The maximum Gasteiger partial charge on any atom is 0.244 e. The topological polar surface area (TPSA) is 73.2 Å². The third kappa shape index (κ3) is 3.44. The molecular weight excluding hydrogens is 182 g/mol. The Balaban J connectivity index is 4.21. The lowest BCUT2D eigenvalue weighted by Crippen LogP contribution is -2.45. The quantitative estimate of drug-likeness (QED) is 0.677. The fourth-order valence-corrected chi connectivity index (χ4v) is 0.846. The predicted octanol–water partition coefficient (Wildman–Crippen LogP) is -0.261. The van der Waals surface area contributed by atoms with E-state index >= 15 is 0 Å². The molecule has 0 aromatic rings. The Morgan fingerprint density at radius 1 is 1.36 bits per heavy atom. The van der Waals surface area contributed by atoms with Crippen LogP contribution in [0.15, 0.2) is 0 Å². The van der Waals surface area contributed by atoms with Gasteiger partial charge in [-0.2, -0.15) is 5.26 Å². The molecule has 0 fully saturated rings. The molecule has 0 aliphatic rings. The maximum absolute atomic E-state index is 11.3. The summed E-state index contributed by atoms with van der Waals surface area (Å²) in [4.78, 5) is 23.9. The van der Waals surface area contributed by atoms with Crippen molar-refractivity contribution >= 4 is 11.8 Å². The summed E-state index contributed by atoms with van der Waals surface area (Å²) in [5.74, 6) is -1.34. The highest BCUT2D eigenvalue weighted by Crippen LogP contribution is 1.95. The van der Waals surface area contributed by atoms with Gasteiger partial charge >= 0.3 is 0 Å². The Morgan fingerprint density at radius 2 is 1.86 bits per heavy atom. The number of nitrogens with zero attached hydrogens (tertiary/aromatic N) is 2. The Hall–Kier alpha value is -1.57. The smallest absolute Gasteiger partial charge is 0.244 e. The highest BCUT2D eigenvalue weighted by atomic mass is 16.2. The zero-order valence-electron chi connectivity index (χ0n) is 8.87. The van der Waals surface area contributed by atoms with Crippen LogP contribution in [-0.4, -0.2) is 36.9 Å². The average molecular weight is 197 g/mol. The van der Waals surface area contributed by atoms with Crippen molar-refractivity contribution in [2.24, 2.45) is 5.92 Å². The number of rotatable bonds is 3. The fraction of sp³-hybridized carbons (Fsp3) is 0.667. The number of likely N-dealkylation sites (N-methyl/N-ethyl adjacent to an activating group) is 1. The van der Waals surface area contributed by atoms with E-state index in [1.54, 1.807) is 27.1 Å². The van der Waals surface area contributed by atoms with E-state index in [0.717, 1.165) is 0 Å². The van der Waals surface area contributed by atoms with Crippen molar-refractivity contribution in [2.45, 2.75) is 19.9 Å². The second-order valence-electron chi connectivity index (χ2n) is 3.31. The molecule has 14 heavy (non-hydrogen) atoms. The summed E-state index contributed by atoms with van der Waals surface area (Å²) >= 11 is 0. The summed E-state index contributed by atoms with van der Waals surface area (Å²) in [5.41, 5.74) is 0. The first-order chi connectivity index (χ1) is 6.40. The number of hydrogen-bond donors (Lipinski definition) is 1. The summed E-state index contributed by atoms with van der Waals surface area (Å²) in [5, 5.41) is 10.9. The van der Waals surface area contributed by atoms with Crippen LogP contribution in [-0.2, 0) is 9.59 Å². The van der Waals surface area contributed by atoms with Gasteiger partial charge in [0.2, 0.25) is 11.8 Å². The average Bonchev–Trinajstić information content (AvgIpc) is 2.14. The van der Waals surface area contributed by atoms with E-state index in [0.29, 0.717) is 0 Å². The lowest BCUT2D eigenvalue weighted by atomic mass is 10.2. The largest absolute Gasteiger partial charge is 0.347 e. The third-order valence-electron chi connectivity index (χ3n) is 1.76. The lowest BCUT2D eigenvalue weighted by Gasteiger charge is -2.18. The number of nitriles is 1. The van der Waals surface area contributed by atoms with Crippen LogP contribution in [0.3, 0.4) is 0 Å². The van der Waals surface area contributed by atoms with Gasteiger partial charge in [0.05, 0.1) is 6.07 Å². The Kier molecular flexibility index (Phi) is 4.64. The van der Waals surface area contributed by atoms with Crippen molar-refractivity contribution in [3.8, 4) is 6.07 Å². The summed E-state index contributed by atoms with van der Waals surface area (Å²) in [7, 11) is 3.22. The fourth-order valence-electron chi connectivity index (χ4n) is 0.846. The van der Waals surface area contributed by atoms with Gasteiger partial charge in [0.15, 0.2) is 0 Å². The monoisotopic (exact) mass is 197 g/mol. The maximum atomic E-state index is 11.3. The second kappa shape index (κ2) is 5.22. The van der Waals surface area contributed by atoms with E-state index < -0.39 is 17.9 Å². The second-order valence-corrected chi connectivity index (χ2v) is 3.31. The van der Waals surface area contributed by atoms with Gasteiger partial charge < -0.3 is 10.2 Å². The highest BCUT2D eigenvalue weighted by molar-refractivity contribution is 5.88. The minimum atomic E-state index is -0.729. The van der Waals surface area contributed by atoms with Gasteiger partial charge in [0, 0.05) is 14.1 Å². The third-order valence-corrected chi connectivity index (χ3v) is 1.76. The van der Waals surface area contributed by atoms with Crippen molar-refractivity contribution in [1.82, 2.24) is 10.2 Å². The van der Waals surface area contributed by atoms with E-state index in [-0.39, 0.29) is 5.91 Å².